The van der Waals surface area contributed by atoms with E-state index in [1.54, 1.807) is 10.7 Å². The molecular weight excluding hydrogens is 314 g/mol. The van der Waals surface area contributed by atoms with Crippen LogP contribution in [0.5, 0.6) is 0 Å². The molecule has 136 valence electrons. The maximum absolute atomic E-state index is 11.8. The van der Waals surface area contributed by atoms with Gasteiger partial charge in [-0.15, -0.1) is 0 Å². The second kappa shape index (κ2) is 9.11. The van der Waals surface area contributed by atoms with Crippen molar-refractivity contribution in [3.63, 3.8) is 0 Å². The van der Waals surface area contributed by atoms with Gasteiger partial charge < -0.3 is 17.2 Å². The molecule has 2 rings (SSSR count). The van der Waals surface area contributed by atoms with E-state index >= 15 is 0 Å². The predicted molar refractivity (Wildman–Crippen MR) is 103 cm³/mol. The van der Waals surface area contributed by atoms with E-state index in [0.717, 1.165) is 18.4 Å². The molecule has 1 heterocycles. The Hall–Kier alpha value is -2.50. The van der Waals surface area contributed by atoms with Gasteiger partial charge in [0.2, 0.25) is 0 Å². The first-order chi connectivity index (χ1) is 12.0. The molecule has 0 unspecified atom stereocenters. The van der Waals surface area contributed by atoms with Crippen LogP contribution in [0, 0.1) is 0 Å². The van der Waals surface area contributed by atoms with Crippen molar-refractivity contribution >= 4 is 17.4 Å². The van der Waals surface area contributed by atoms with Crippen LogP contribution >= 0.6 is 0 Å². The number of amides is 1. The Balaban J connectivity index is 2.13. The molecule has 0 aliphatic rings. The minimum atomic E-state index is -0.569. The summed E-state index contributed by atoms with van der Waals surface area (Å²) >= 11 is 0. The van der Waals surface area contributed by atoms with Crippen molar-refractivity contribution in [2.45, 2.75) is 58.4 Å². The van der Waals surface area contributed by atoms with Crippen molar-refractivity contribution in [3.8, 4) is 11.3 Å². The lowest BCUT2D eigenvalue weighted by atomic mass is 10.1. The van der Waals surface area contributed by atoms with Crippen LogP contribution in [0.1, 0.15) is 62.2 Å². The average molecular weight is 343 g/mol. The fourth-order valence-electron chi connectivity index (χ4n) is 3.08. The minimum Gasteiger partial charge on any atom is -0.399 e. The zero-order valence-electron chi connectivity index (χ0n) is 15.0. The monoisotopic (exact) mass is 343 g/mol. The number of nitrogens with two attached hydrogens (primary N) is 3. The van der Waals surface area contributed by atoms with Gasteiger partial charge in [-0.05, 0) is 18.6 Å². The number of hydrogen-bond acceptors (Lipinski definition) is 4. The largest absolute Gasteiger partial charge is 0.399 e. The van der Waals surface area contributed by atoms with Gasteiger partial charge in [-0.25, -0.2) is 0 Å². The van der Waals surface area contributed by atoms with Crippen molar-refractivity contribution in [2.75, 3.05) is 11.5 Å². The third-order valence-electron chi connectivity index (χ3n) is 4.36. The molecule has 2 aromatic rings. The molecule has 0 saturated carbocycles. The number of aryl methyl sites for hydroxylation is 1. The molecular formula is C19H29N5O. The van der Waals surface area contributed by atoms with Crippen LogP contribution < -0.4 is 17.2 Å². The maximum atomic E-state index is 11.8. The Labute approximate surface area is 149 Å². The zero-order chi connectivity index (χ0) is 18.2. The van der Waals surface area contributed by atoms with Gasteiger partial charge in [0.05, 0.1) is 5.69 Å². The van der Waals surface area contributed by atoms with Gasteiger partial charge in [-0.3, -0.25) is 9.48 Å². The van der Waals surface area contributed by atoms with Crippen LogP contribution in [0.25, 0.3) is 11.3 Å². The van der Waals surface area contributed by atoms with Crippen LogP contribution in [0.3, 0.4) is 0 Å². The SMILES string of the molecule is CCCCCCCCCn1nc(N)c(C(N)=O)c1-c1cccc(N)c1. The smallest absolute Gasteiger partial charge is 0.254 e. The van der Waals surface area contributed by atoms with Crippen LogP contribution in [0.2, 0.25) is 0 Å². The summed E-state index contributed by atoms with van der Waals surface area (Å²) in [5, 5.41) is 4.34. The standard InChI is InChI=1S/C19H29N5O/c1-2-3-4-5-6-7-8-12-24-17(14-10-9-11-15(20)13-14)16(19(22)25)18(21)23-24/h9-11,13H,2-8,12,20H2,1H3,(H2,21,23)(H2,22,25). The van der Waals surface area contributed by atoms with Crippen molar-refractivity contribution < 1.29 is 4.79 Å². The molecule has 0 bridgehead atoms. The highest BCUT2D eigenvalue weighted by molar-refractivity contribution is 6.03. The Kier molecular flexibility index (Phi) is 6.86. The molecule has 0 aliphatic heterocycles. The van der Waals surface area contributed by atoms with Crippen molar-refractivity contribution in [2.24, 2.45) is 5.73 Å². The predicted octanol–water partition coefficient (Wildman–Crippen LogP) is 3.56. The topological polar surface area (TPSA) is 113 Å². The number of anilines is 2. The van der Waals surface area contributed by atoms with E-state index in [4.69, 9.17) is 17.2 Å². The lowest BCUT2D eigenvalue weighted by Crippen LogP contribution is -2.14. The molecule has 0 aliphatic carbocycles. The van der Waals surface area contributed by atoms with Gasteiger partial charge in [0.1, 0.15) is 5.56 Å². The minimum absolute atomic E-state index is 0.174. The normalized spacial score (nSPS) is 10.9. The maximum Gasteiger partial charge on any atom is 0.254 e. The molecule has 6 nitrogen and oxygen atoms in total. The molecule has 0 radical (unpaired) electrons. The number of unbranched alkanes of at least 4 members (excludes halogenated alkanes) is 6. The summed E-state index contributed by atoms with van der Waals surface area (Å²) in [7, 11) is 0. The molecule has 0 atom stereocenters. The summed E-state index contributed by atoms with van der Waals surface area (Å²) < 4.78 is 1.79. The number of primary amides is 1. The van der Waals surface area contributed by atoms with Crippen LogP contribution in [0.15, 0.2) is 24.3 Å². The molecule has 0 saturated heterocycles. The Morgan fingerprint density at radius 2 is 1.76 bits per heavy atom. The quantitative estimate of drug-likeness (QED) is 0.452. The van der Waals surface area contributed by atoms with Crippen LogP contribution in [-0.2, 0) is 6.54 Å². The van der Waals surface area contributed by atoms with Crippen LogP contribution in [0.4, 0.5) is 11.5 Å². The first kappa shape index (κ1) is 18.8. The van der Waals surface area contributed by atoms with Gasteiger partial charge in [-0.2, -0.15) is 5.10 Å². The molecule has 6 N–H and O–H groups in total. The number of rotatable bonds is 10. The lowest BCUT2D eigenvalue weighted by Gasteiger charge is -2.09. The van der Waals surface area contributed by atoms with E-state index in [0.29, 0.717) is 17.9 Å². The van der Waals surface area contributed by atoms with E-state index in [1.165, 1.54) is 32.1 Å². The Bertz CT molecular complexity index is 708. The fourth-order valence-corrected chi connectivity index (χ4v) is 3.08. The van der Waals surface area contributed by atoms with Gasteiger partial charge in [0.15, 0.2) is 5.82 Å². The summed E-state index contributed by atoms with van der Waals surface area (Å²) in [6.45, 7) is 2.92. The van der Waals surface area contributed by atoms with Gasteiger partial charge >= 0.3 is 0 Å². The third-order valence-corrected chi connectivity index (χ3v) is 4.36. The molecule has 0 spiro atoms. The average Bonchev–Trinajstić information content (AvgIpc) is 2.90. The number of hydrogen-bond donors (Lipinski definition) is 3. The highest BCUT2D eigenvalue weighted by atomic mass is 16.1. The van der Waals surface area contributed by atoms with Gasteiger partial charge in [0.25, 0.3) is 5.91 Å². The summed E-state index contributed by atoms with van der Waals surface area (Å²) in [5.41, 5.74) is 19.7. The first-order valence-corrected chi connectivity index (χ1v) is 9.06. The van der Waals surface area contributed by atoms with E-state index in [2.05, 4.69) is 12.0 Å². The number of benzene rings is 1. The van der Waals surface area contributed by atoms with E-state index in [-0.39, 0.29) is 11.4 Å². The van der Waals surface area contributed by atoms with Crippen molar-refractivity contribution in [1.29, 1.82) is 0 Å². The molecule has 25 heavy (non-hydrogen) atoms. The summed E-state index contributed by atoms with van der Waals surface area (Å²) in [6.07, 6.45) is 8.46. The third kappa shape index (κ3) is 4.98. The number of carbonyl (C=O) groups excluding carboxylic acids is 1. The first-order valence-electron chi connectivity index (χ1n) is 9.06. The zero-order valence-corrected chi connectivity index (χ0v) is 15.0. The highest BCUT2D eigenvalue weighted by Gasteiger charge is 2.21. The number of aromatic nitrogens is 2. The number of nitrogen functional groups attached to an aromatic ring is 2. The summed E-state index contributed by atoms with van der Waals surface area (Å²) in [5.74, 6) is -0.395. The van der Waals surface area contributed by atoms with Gasteiger partial charge in [0, 0.05) is 17.8 Å². The summed E-state index contributed by atoms with van der Waals surface area (Å²) in [4.78, 5) is 11.8. The molecule has 6 heteroatoms. The van der Waals surface area contributed by atoms with Crippen LogP contribution in [-0.4, -0.2) is 15.7 Å². The van der Waals surface area contributed by atoms with Gasteiger partial charge in [-0.1, -0.05) is 57.6 Å². The van der Waals surface area contributed by atoms with Crippen molar-refractivity contribution in [3.05, 3.63) is 29.8 Å². The van der Waals surface area contributed by atoms with E-state index in [1.807, 2.05) is 18.2 Å². The molecule has 1 aromatic carbocycles. The second-order valence-corrected chi connectivity index (χ2v) is 6.44. The van der Waals surface area contributed by atoms with E-state index < -0.39 is 5.91 Å². The second-order valence-electron chi connectivity index (χ2n) is 6.44. The summed E-state index contributed by atoms with van der Waals surface area (Å²) in [6, 6.07) is 7.34. The molecule has 1 aromatic heterocycles. The Morgan fingerprint density at radius 1 is 1.08 bits per heavy atom. The lowest BCUT2D eigenvalue weighted by molar-refractivity contribution is 0.100. The molecule has 1 amide bonds. The Morgan fingerprint density at radius 3 is 2.40 bits per heavy atom. The van der Waals surface area contributed by atoms with Crippen molar-refractivity contribution in [1.82, 2.24) is 9.78 Å². The number of carbonyl (C=O) groups is 1. The van der Waals surface area contributed by atoms with E-state index in [9.17, 15) is 4.79 Å². The number of nitrogens with zero attached hydrogens (tertiary/aromatic N) is 2. The fraction of sp³-hybridized carbons (Fsp3) is 0.474. The molecule has 0 fully saturated rings. The highest BCUT2D eigenvalue weighted by Crippen LogP contribution is 2.29.